The van der Waals surface area contributed by atoms with Crippen LogP contribution in [0.4, 0.5) is 4.79 Å². The number of carbonyl (C=O) groups is 1. The molecule has 0 amide bonds. The fourth-order valence-corrected chi connectivity index (χ4v) is 3.25. The molecule has 26 heavy (non-hydrogen) atoms. The predicted molar refractivity (Wildman–Crippen MR) is 109 cm³/mol. The molecule has 0 aromatic rings. The Labute approximate surface area is 161 Å². The number of hydrogen-bond donors (Lipinski definition) is 1. The summed E-state index contributed by atoms with van der Waals surface area (Å²) in [6.07, 6.45) is 14.2. The molecule has 2 atom stereocenters. The molecule has 1 heterocycles. The molecule has 0 aromatic heterocycles. The summed E-state index contributed by atoms with van der Waals surface area (Å²) in [5.74, 6) is 1.74. The average molecular weight is 371 g/mol. The average Bonchev–Trinajstić information content (AvgIpc) is 3.09. The highest BCUT2D eigenvalue weighted by Crippen LogP contribution is 2.20. The van der Waals surface area contributed by atoms with E-state index in [4.69, 9.17) is 9.90 Å². The van der Waals surface area contributed by atoms with E-state index in [2.05, 4.69) is 54.6 Å². The van der Waals surface area contributed by atoms with Gasteiger partial charge in [0.25, 0.3) is 0 Å². The van der Waals surface area contributed by atoms with Crippen molar-refractivity contribution in [2.24, 2.45) is 11.8 Å². The summed E-state index contributed by atoms with van der Waals surface area (Å²) in [5.41, 5.74) is 0. The topological polar surface area (TPSA) is 53.0 Å². The molecule has 1 aliphatic heterocycles. The Balaban J connectivity index is 0.00000110. The van der Waals surface area contributed by atoms with Gasteiger partial charge in [-0.3, -0.25) is 0 Å². The first kappa shape index (κ1) is 24.6. The maximum Gasteiger partial charge on any atom is 0.505 e. The molecule has 0 aromatic carbocycles. The number of unbranched alkanes of at least 4 members (excludes halogenated alkanes) is 2. The van der Waals surface area contributed by atoms with E-state index in [0.717, 1.165) is 25.6 Å². The van der Waals surface area contributed by atoms with Crippen molar-refractivity contribution in [3.8, 4) is 0 Å². The van der Waals surface area contributed by atoms with E-state index < -0.39 is 6.16 Å². The van der Waals surface area contributed by atoms with Crippen LogP contribution in [0.3, 0.4) is 0 Å². The maximum absolute atomic E-state index is 9.15. The van der Waals surface area contributed by atoms with Crippen LogP contribution >= 0.6 is 0 Å². The van der Waals surface area contributed by atoms with Gasteiger partial charge in [0.15, 0.2) is 0 Å². The van der Waals surface area contributed by atoms with Crippen LogP contribution in [-0.2, 0) is 4.74 Å². The van der Waals surface area contributed by atoms with Gasteiger partial charge in [-0.1, -0.05) is 66.2 Å². The van der Waals surface area contributed by atoms with Crippen LogP contribution in [0.25, 0.3) is 0 Å². The second kappa shape index (κ2) is 15.8. The smallest absolute Gasteiger partial charge is 0.450 e. The van der Waals surface area contributed by atoms with Gasteiger partial charge in [-0.15, -0.1) is 0 Å². The number of ether oxygens (including phenoxy) is 1. The lowest BCUT2D eigenvalue weighted by Gasteiger charge is -2.27. The monoisotopic (exact) mass is 370 g/mol. The Hall–Kier alpha value is -1.39. The van der Waals surface area contributed by atoms with Gasteiger partial charge in [0, 0.05) is 25.5 Å². The van der Waals surface area contributed by atoms with E-state index >= 15 is 0 Å². The summed E-state index contributed by atoms with van der Waals surface area (Å²) in [7, 11) is 1.10. The minimum atomic E-state index is -1.25. The SMILES string of the molecule is CCCCC(CC)CN1C=CN(CC(CC)CCCC)C1.COC(=O)O. The lowest BCUT2D eigenvalue weighted by molar-refractivity contribution is 0.114. The van der Waals surface area contributed by atoms with Gasteiger partial charge >= 0.3 is 6.16 Å². The Bertz CT molecular complexity index is 348. The summed E-state index contributed by atoms with van der Waals surface area (Å²) in [5, 5.41) is 7.50. The molecule has 1 aliphatic rings. The first-order valence-corrected chi connectivity index (χ1v) is 10.4. The van der Waals surface area contributed by atoms with E-state index in [1.165, 1.54) is 64.5 Å². The summed E-state index contributed by atoms with van der Waals surface area (Å²) in [6.45, 7) is 12.9. The summed E-state index contributed by atoms with van der Waals surface area (Å²) in [6, 6.07) is 0. The fraction of sp³-hybridized carbons (Fsp3) is 0.857. The third kappa shape index (κ3) is 12.0. The highest BCUT2D eigenvalue weighted by atomic mass is 16.6. The molecule has 0 saturated heterocycles. The molecular weight excluding hydrogens is 328 g/mol. The Morgan fingerprint density at radius 2 is 1.35 bits per heavy atom. The van der Waals surface area contributed by atoms with Crippen molar-refractivity contribution < 1.29 is 14.6 Å². The molecule has 154 valence electrons. The molecule has 0 aliphatic carbocycles. The molecule has 0 spiro atoms. The van der Waals surface area contributed by atoms with E-state index in [-0.39, 0.29) is 0 Å². The van der Waals surface area contributed by atoms with Crippen molar-refractivity contribution in [3.05, 3.63) is 12.4 Å². The summed E-state index contributed by atoms with van der Waals surface area (Å²) < 4.78 is 3.67. The largest absolute Gasteiger partial charge is 0.505 e. The van der Waals surface area contributed by atoms with Gasteiger partial charge in [0.05, 0.1) is 13.8 Å². The number of carboxylic acid groups (broad SMARTS) is 1. The molecule has 5 heteroatoms. The molecule has 0 bridgehead atoms. The fourth-order valence-electron chi connectivity index (χ4n) is 3.25. The minimum Gasteiger partial charge on any atom is -0.450 e. The van der Waals surface area contributed by atoms with Gasteiger partial charge in [-0.25, -0.2) is 4.79 Å². The zero-order chi connectivity index (χ0) is 19.8. The molecule has 2 unspecified atom stereocenters. The van der Waals surface area contributed by atoms with Crippen LogP contribution in [-0.4, -0.2) is 47.9 Å². The van der Waals surface area contributed by atoms with Crippen LogP contribution in [0.5, 0.6) is 0 Å². The molecular formula is C21H42N2O3. The second-order valence-corrected chi connectivity index (χ2v) is 7.29. The van der Waals surface area contributed by atoms with E-state index in [0.29, 0.717) is 0 Å². The molecule has 5 nitrogen and oxygen atoms in total. The summed E-state index contributed by atoms with van der Waals surface area (Å²) in [4.78, 5) is 14.2. The van der Waals surface area contributed by atoms with Crippen molar-refractivity contribution >= 4 is 6.16 Å². The highest BCUT2D eigenvalue weighted by Gasteiger charge is 2.18. The standard InChI is InChI=1S/C19H38N2.C2H4O3/c1-5-9-11-18(7-3)15-20-13-14-21(17-20)16-19(8-4)12-10-6-2;1-5-2(3)4/h13-14,18-19H,5-12,15-17H2,1-4H3;1H3,(H,3,4). The molecule has 1 N–H and O–H groups in total. The number of nitrogens with zero attached hydrogens (tertiary/aromatic N) is 2. The molecule has 1 rings (SSSR count). The van der Waals surface area contributed by atoms with Crippen molar-refractivity contribution in [1.29, 1.82) is 0 Å². The number of hydrogen-bond acceptors (Lipinski definition) is 4. The van der Waals surface area contributed by atoms with Gasteiger partial charge in [0.2, 0.25) is 0 Å². The van der Waals surface area contributed by atoms with Crippen LogP contribution < -0.4 is 0 Å². The quantitative estimate of drug-likeness (QED) is 0.442. The van der Waals surface area contributed by atoms with Gasteiger partial charge in [0.1, 0.15) is 0 Å². The van der Waals surface area contributed by atoms with Crippen LogP contribution in [0.15, 0.2) is 12.4 Å². The van der Waals surface area contributed by atoms with Crippen molar-refractivity contribution in [1.82, 2.24) is 9.80 Å². The van der Waals surface area contributed by atoms with Crippen molar-refractivity contribution in [2.45, 2.75) is 79.1 Å². The van der Waals surface area contributed by atoms with Crippen LogP contribution in [0.2, 0.25) is 0 Å². The Kier molecular flexibility index (Phi) is 15.0. The van der Waals surface area contributed by atoms with Gasteiger partial charge in [-0.2, -0.15) is 0 Å². The van der Waals surface area contributed by atoms with E-state index in [1.54, 1.807) is 0 Å². The predicted octanol–water partition coefficient (Wildman–Crippen LogP) is 5.78. The van der Waals surface area contributed by atoms with Crippen molar-refractivity contribution in [3.63, 3.8) is 0 Å². The molecule has 0 fully saturated rings. The minimum absolute atomic E-state index is 0.872. The van der Waals surface area contributed by atoms with Crippen molar-refractivity contribution in [2.75, 3.05) is 26.9 Å². The maximum atomic E-state index is 9.15. The first-order chi connectivity index (χ1) is 12.5. The lowest BCUT2D eigenvalue weighted by atomic mass is 9.99. The first-order valence-electron chi connectivity index (χ1n) is 10.4. The highest BCUT2D eigenvalue weighted by molar-refractivity contribution is 5.56. The molecule has 0 saturated carbocycles. The number of rotatable bonds is 12. The van der Waals surface area contributed by atoms with E-state index in [9.17, 15) is 0 Å². The Morgan fingerprint density at radius 1 is 0.962 bits per heavy atom. The summed E-state index contributed by atoms with van der Waals surface area (Å²) >= 11 is 0. The lowest BCUT2D eigenvalue weighted by Crippen LogP contribution is -2.32. The Morgan fingerprint density at radius 3 is 1.62 bits per heavy atom. The number of methoxy groups -OCH3 is 1. The van der Waals surface area contributed by atoms with Crippen LogP contribution in [0, 0.1) is 11.8 Å². The third-order valence-electron chi connectivity index (χ3n) is 5.10. The van der Waals surface area contributed by atoms with Crippen LogP contribution in [0.1, 0.15) is 79.1 Å². The van der Waals surface area contributed by atoms with E-state index in [1.807, 2.05) is 0 Å². The zero-order valence-corrected chi connectivity index (χ0v) is 17.7. The third-order valence-corrected chi connectivity index (χ3v) is 5.10. The zero-order valence-electron chi connectivity index (χ0n) is 17.7. The molecule has 0 radical (unpaired) electrons. The normalized spacial score (nSPS) is 15.4. The van der Waals surface area contributed by atoms with Gasteiger partial charge < -0.3 is 19.6 Å². The second-order valence-electron chi connectivity index (χ2n) is 7.29. The van der Waals surface area contributed by atoms with Gasteiger partial charge in [-0.05, 0) is 24.7 Å².